The van der Waals surface area contributed by atoms with Crippen molar-refractivity contribution in [2.75, 3.05) is 12.4 Å². The third-order valence-corrected chi connectivity index (χ3v) is 3.28. The van der Waals surface area contributed by atoms with Gasteiger partial charge in [-0.25, -0.2) is 9.78 Å². The lowest BCUT2D eigenvalue weighted by Crippen LogP contribution is -2.08. The number of rotatable bonds is 4. The van der Waals surface area contributed by atoms with E-state index in [-0.39, 0.29) is 10.9 Å². The number of nitrogens with zero attached hydrogens (tertiary/aromatic N) is 2. The Hall–Kier alpha value is -2.22. The smallest absolute Gasteiger partial charge is 0.367 e. The summed E-state index contributed by atoms with van der Waals surface area (Å²) >= 11 is 1.07. The number of aromatic amines is 1. The van der Waals surface area contributed by atoms with E-state index >= 15 is 0 Å². The first-order chi connectivity index (χ1) is 9.15. The Morgan fingerprint density at radius 1 is 1.53 bits per heavy atom. The van der Waals surface area contributed by atoms with Gasteiger partial charge in [-0.15, -0.1) is 0 Å². The molecule has 19 heavy (non-hydrogen) atoms. The molecule has 8 heteroatoms. The van der Waals surface area contributed by atoms with Gasteiger partial charge in [-0.05, 0) is 0 Å². The molecule has 7 nitrogen and oxygen atoms in total. The number of methoxy groups -OCH3 is 1. The van der Waals surface area contributed by atoms with Crippen LogP contribution in [0.1, 0.15) is 23.1 Å². The molecule has 0 unspecified atom stereocenters. The highest BCUT2D eigenvalue weighted by molar-refractivity contribution is 7.18. The van der Waals surface area contributed by atoms with Crippen molar-refractivity contribution in [2.24, 2.45) is 0 Å². The number of nitrogens with one attached hydrogen (secondary N) is 2. The molecule has 1 amide bonds. The van der Waals surface area contributed by atoms with Crippen molar-refractivity contribution >= 4 is 28.2 Å². The maximum absolute atomic E-state index is 11.5. The van der Waals surface area contributed by atoms with Gasteiger partial charge in [0.05, 0.1) is 13.3 Å². The number of H-pyrrole nitrogens is 1. The fourth-order valence-electron chi connectivity index (χ4n) is 1.37. The molecule has 2 aromatic rings. The maximum Gasteiger partial charge on any atom is 0.367 e. The first kappa shape index (κ1) is 13.2. The molecule has 0 aliphatic heterocycles. The number of esters is 1. The van der Waals surface area contributed by atoms with Crippen LogP contribution in [-0.2, 0) is 9.53 Å². The molecule has 0 aliphatic rings. The molecule has 2 N–H and O–H groups in total. The minimum atomic E-state index is -0.535. The Kier molecular flexibility index (Phi) is 3.91. The van der Waals surface area contributed by atoms with E-state index in [9.17, 15) is 9.59 Å². The summed E-state index contributed by atoms with van der Waals surface area (Å²) in [5, 5.41) is 9.89. The molecule has 0 radical (unpaired) electrons. The lowest BCUT2D eigenvalue weighted by molar-refractivity contribution is -0.115. The van der Waals surface area contributed by atoms with Crippen LogP contribution in [0.2, 0.25) is 0 Å². The molecule has 0 atom stereocenters. The van der Waals surface area contributed by atoms with Crippen molar-refractivity contribution in [3.05, 3.63) is 17.4 Å². The first-order valence-electron chi connectivity index (χ1n) is 5.53. The predicted octanol–water partition coefficient (Wildman–Crippen LogP) is 1.67. The Morgan fingerprint density at radius 3 is 2.89 bits per heavy atom. The average molecular weight is 280 g/mol. The van der Waals surface area contributed by atoms with Crippen molar-refractivity contribution in [1.82, 2.24) is 15.2 Å². The predicted molar refractivity (Wildman–Crippen MR) is 70.0 cm³/mol. The maximum atomic E-state index is 11.5. The number of hydrogen-bond donors (Lipinski definition) is 2. The highest BCUT2D eigenvalue weighted by Gasteiger charge is 2.20. The molecular weight excluding hydrogens is 268 g/mol. The molecule has 2 heterocycles. The normalized spacial score (nSPS) is 10.2. The van der Waals surface area contributed by atoms with E-state index in [1.807, 2.05) is 0 Å². The van der Waals surface area contributed by atoms with Crippen LogP contribution in [0.4, 0.5) is 5.00 Å². The number of carbonyl (C=O) groups is 2. The zero-order valence-corrected chi connectivity index (χ0v) is 11.2. The number of ether oxygens (including phenoxy) is 1. The summed E-state index contributed by atoms with van der Waals surface area (Å²) in [6.45, 7) is 1.75. The van der Waals surface area contributed by atoms with Crippen molar-refractivity contribution in [3.63, 3.8) is 0 Å². The molecule has 2 rings (SSSR count). The largest absolute Gasteiger partial charge is 0.464 e. The summed E-state index contributed by atoms with van der Waals surface area (Å²) in [7, 11) is 1.28. The molecular formula is C11H12N4O3S. The molecule has 0 fully saturated rings. The topological polar surface area (TPSA) is 97.0 Å². The highest BCUT2D eigenvalue weighted by atomic mass is 32.1. The molecule has 0 bridgehead atoms. The van der Waals surface area contributed by atoms with Crippen LogP contribution in [0.25, 0.3) is 11.3 Å². The zero-order chi connectivity index (χ0) is 13.8. The Labute approximate surface area is 113 Å². The second-order valence-electron chi connectivity index (χ2n) is 3.58. The summed E-state index contributed by atoms with van der Waals surface area (Å²) in [4.78, 5) is 27.2. The molecule has 0 saturated heterocycles. The van der Waals surface area contributed by atoms with Crippen LogP contribution < -0.4 is 5.32 Å². The van der Waals surface area contributed by atoms with E-state index in [0.29, 0.717) is 22.7 Å². The highest BCUT2D eigenvalue weighted by Crippen LogP contribution is 2.33. The van der Waals surface area contributed by atoms with Gasteiger partial charge in [0.15, 0.2) is 0 Å². The average Bonchev–Trinajstić information content (AvgIpc) is 3.06. The fourth-order valence-corrected chi connectivity index (χ4v) is 2.29. The van der Waals surface area contributed by atoms with Gasteiger partial charge in [0, 0.05) is 18.2 Å². The van der Waals surface area contributed by atoms with E-state index in [4.69, 9.17) is 0 Å². The third kappa shape index (κ3) is 2.79. The fraction of sp³-hybridized carbons (Fsp3) is 0.273. The van der Waals surface area contributed by atoms with Gasteiger partial charge in [0.2, 0.25) is 10.9 Å². The minimum absolute atomic E-state index is 0.148. The van der Waals surface area contributed by atoms with E-state index in [2.05, 4.69) is 25.2 Å². The van der Waals surface area contributed by atoms with E-state index < -0.39 is 5.97 Å². The molecule has 0 aromatic carbocycles. The number of anilines is 1. The first-order valence-corrected chi connectivity index (χ1v) is 6.35. The van der Waals surface area contributed by atoms with Gasteiger partial charge < -0.3 is 10.1 Å². The SMILES string of the molecule is CCC(=O)Nc1sc(C(=O)OC)nc1-c1cn[nH]c1. The van der Waals surface area contributed by atoms with Crippen molar-refractivity contribution < 1.29 is 14.3 Å². The zero-order valence-electron chi connectivity index (χ0n) is 10.4. The van der Waals surface area contributed by atoms with E-state index in [1.165, 1.54) is 7.11 Å². The van der Waals surface area contributed by atoms with Crippen LogP contribution in [0, 0.1) is 0 Å². The lowest BCUT2D eigenvalue weighted by atomic mass is 10.2. The van der Waals surface area contributed by atoms with Gasteiger partial charge in [-0.3, -0.25) is 9.89 Å². The standard InChI is InChI=1S/C11H12N4O3S/c1-3-7(16)14-9-8(6-4-12-13-5-6)15-10(19-9)11(17)18-2/h4-5H,3H2,1-2H3,(H,12,13)(H,14,16). The van der Waals surface area contributed by atoms with Gasteiger partial charge in [-0.1, -0.05) is 18.3 Å². The quantitative estimate of drug-likeness (QED) is 0.830. The summed E-state index contributed by atoms with van der Waals surface area (Å²) in [6, 6.07) is 0. The lowest BCUT2D eigenvalue weighted by Gasteiger charge is -2.01. The van der Waals surface area contributed by atoms with E-state index in [0.717, 1.165) is 11.3 Å². The number of hydrogen-bond acceptors (Lipinski definition) is 6. The van der Waals surface area contributed by atoms with Crippen molar-refractivity contribution in [2.45, 2.75) is 13.3 Å². The van der Waals surface area contributed by atoms with Crippen LogP contribution in [0.5, 0.6) is 0 Å². The Bertz CT molecular complexity index is 591. The molecule has 0 spiro atoms. The van der Waals surface area contributed by atoms with Crippen LogP contribution in [0.3, 0.4) is 0 Å². The summed E-state index contributed by atoms with van der Waals surface area (Å²) in [5.41, 5.74) is 1.19. The Balaban J connectivity index is 2.41. The number of thiazole rings is 1. The van der Waals surface area contributed by atoms with E-state index in [1.54, 1.807) is 19.3 Å². The second kappa shape index (κ2) is 5.61. The van der Waals surface area contributed by atoms with Gasteiger partial charge in [0.1, 0.15) is 10.7 Å². The molecule has 100 valence electrons. The molecule has 0 saturated carbocycles. The third-order valence-electron chi connectivity index (χ3n) is 2.33. The number of carbonyl (C=O) groups excluding carboxylic acids is 2. The monoisotopic (exact) mass is 280 g/mol. The number of amides is 1. The van der Waals surface area contributed by atoms with Crippen LogP contribution in [-0.4, -0.2) is 34.2 Å². The van der Waals surface area contributed by atoms with Crippen LogP contribution in [0.15, 0.2) is 12.4 Å². The second-order valence-corrected chi connectivity index (χ2v) is 4.58. The van der Waals surface area contributed by atoms with Crippen LogP contribution >= 0.6 is 11.3 Å². The van der Waals surface area contributed by atoms with Crippen molar-refractivity contribution in [3.8, 4) is 11.3 Å². The van der Waals surface area contributed by atoms with Crippen molar-refractivity contribution in [1.29, 1.82) is 0 Å². The summed E-state index contributed by atoms with van der Waals surface area (Å²) in [5.74, 6) is -0.684. The Morgan fingerprint density at radius 2 is 2.32 bits per heavy atom. The van der Waals surface area contributed by atoms with Gasteiger partial charge in [-0.2, -0.15) is 5.10 Å². The summed E-state index contributed by atoms with van der Waals surface area (Å²) < 4.78 is 4.63. The molecule has 2 aromatic heterocycles. The number of aromatic nitrogens is 3. The minimum Gasteiger partial charge on any atom is -0.464 e. The van der Waals surface area contributed by atoms with Gasteiger partial charge in [0.25, 0.3) is 0 Å². The summed E-state index contributed by atoms with van der Waals surface area (Å²) in [6.07, 6.45) is 3.55. The molecule has 0 aliphatic carbocycles. The van der Waals surface area contributed by atoms with Gasteiger partial charge >= 0.3 is 5.97 Å².